The van der Waals surface area contributed by atoms with Crippen molar-refractivity contribution >= 4 is 23.8 Å². The molecule has 0 spiro atoms. The van der Waals surface area contributed by atoms with Crippen LogP contribution in [0.4, 0.5) is 17.8 Å². The first kappa shape index (κ1) is 17.1. The van der Waals surface area contributed by atoms with E-state index in [0.29, 0.717) is 44.1 Å². The Balaban J connectivity index is 1.78. The van der Waals surface area contributed by atoms with Crippen LogP contribution >= 0.6 is 0 Å². The third-order valence-corrected chi connectivity index (χ3v) is 3.64. The van der Waals surface area contributed by atoms with E-state index in [0.717, 1.165) is 6.54 Å². The number of nitrogens with zero attached hydrogens (tertiary/aromatic N) is 6. The number of rotatable bonds is 5. The number of morpholine rings is 1. The topological polar surface area (TPSA) is 124 Å². The number of anilines is 3. The zero-order valence-electron chi connectivity index (χ0n) is 14.3. The summed E-state index contributed by atoms with van der Waals surface area (Å²) in [7, 11) is 0. The van der Waals surface area contributed by atoms with Gasteiger partial charge in [-0.25, -0.2) is 4.98 Å². The van der Waals surface area contributed by atoms with Crippen LogP contribution in [0.2, 0.25) is 0 Å². The minimum Gasteiger partial charge on any atom is -0.378 e. The van der Waals surface area contributed by atoms with Gasteiger partial charge in [-0.05, 0) is 5.92 Å². The number of aromatic nitrogens is 5. The largest absolute Gasteiger partial charge is 0.378 e. The van der Waals surface area contributed by atoms with E-state index in [2.05, 4.69) is 39.1 Å². The van der Waals surface area contributed by atoms with E-state index in [-0.39, 0.29) is 11.8 Å². The molecule has 134 valence electrons. The number of imidazole rings is 1. The molecule has 0 saturated carbocycles. The maximum atomic E-state index is 12.5. The summed E-state index contributed by atoms with van der Waals surface area (Å²) >= 11 is 0. The first-order valence-corrected chi connectivity index (χ1v) is 8.19. The van der Waals surface area contributed by atoms with Gasteiger partial charge in [-0.15, -0.1) is 0 Å². The van der Waals surface area contributed by atoms with Gasteiger partial charge in [-0.2, -0.15) is 15.0 Å². The molecule has 0 bridgehead atoms. The van der Waals surface area contributed by atoms with E-state index in [1.54, 1.807) is 6.20 Å². The fraction of sp³-hybridized carbons (Fsp3) is 0.533. The number of hydrogen-bond acceptors (Lipinski definition) is 8. The lowest BCUT2D eigenvalue weighted by Gasteiger charge is -2.26. The van der Waals surface area contributed by atoms with E-state index >= 15 is 0 Å². The molecule has 2 aromatic heterocycles. The lowest BCUT2D eigenvalue weighted by atomic mass is 10.2. The molecule has 0 aromatic carbocycles. The van der Waals surface area contributed by atoms with Crippen LogP contribution < -0.4 is 16.0 Å². The minimum absolute atomic E-state index is 0.00663. The number of carbonyl (C=O) groups excluding carboxylic acids is 1. The summed E-state index contributed by atoms with van der Waals surface area (Å²) in [6.07, 6.45) is 3.45. The van der Waals surface area contributed by atoms with Crippen molar-refractivity contribution in [2.24, 2.45) is 5.92 Å². The molecule has 10 nitrogen and oxygen atoms in total. The Morgan fingerprint density at radius 3 is 2.80 bits per heavy atom. The Labute approximate surface area is 145 Å². The molecule has 0 aliphatic carbocycles. The van der Waals surface area contributed by atoms with Crippen molar-refractivity contribution in [3.8, 4) is 0 Å². The molecule has 1 fully saturated rings. The van der Waals surface area contributed by atoms with Gasteiger partial charge in [0, 0.05) is 32.0 Å². The maximum Gasteiger partial charge on any atom is 0.296 e. The first-order valence-electron chi connectivity index (χ1n) is 8.19. The highest BCUT2D eigenvalue weighted by atomic mass is 16.5. The number of nitrogens with one attached hydrogen (secondary N) is 1. The SMILES string of the molecule is CC(C)Cn1ccnc1NC(=O)c1nc(N)nc(N2CCOCC2)n1. The second kappa shape index (κ2) is 7.43. The van der Waals surface area contributed by atoms with Gasteiger partial charge in [0.15, 0.2) is 0 Å². The van der Waals surface area contributed by atoms with Crippen LogP contribution in [0.1, 0.15) is 24.5 Å². The summed E-state index contributed by atoms with van der Waals surface area (Å²) in [4.78, 5) is 30.9. The molecule has 3 heterocycles. The van der Waals surface area contributed by atoms with Gasteiger partial charge >= 0.3 is 0 Å². The number of amides is 1. The van der Waals surface area contributed by atoms with Gasteiger partial charge in [0.25, 0.3) is 5.91 Å². The average molecular weight is 346 g/mol. The third-order valence-electron chi connectivity index (χ3n) is 3.64. The van der Waals surface area contributed by atoms with Gasteiger partial charge in [0.05, 0.1) is 13.2 Å². The molecule has 0 radical (unpaired) electrons. The highest BCUT2D eigenvalue weighted by Crippen LogP contribution is 2.13. The third kappa shape index (κ3) is 4.21. The summed E-state index contributed by atoms with van der Waals surface area (Å²) in [5.74, 6) is 0.753. The fourth-order valence-electron chi connectivity index (χ4n) is 2.52. The van der Waals surface area contributed by atoms with E-state index in [1.165, 1.54) is 0 Å². The minimum atomic E-state index is -0.472. The second-order valence-electron chi connectivity index (χ2n) is 6.17. The Bertz CT molecular complexity index is 739. The van der Waals surface area contributed by atoms with Crippen molar-refractivity contribution in [3.05, 3.63) is 18.2 Å². The number of hydrogen-bond donors (Lipinski definition) is 2. The highest BCUT2D eigenvalue weighted by Gasteiger charge is 2.20. The smallest absolute Gasteiger partial charge is 0.296 e. The standard InChI is InChI=1S/C15H22N8O2/c1-10(2)9-23-4-3-17-14(23)20-12(24)11-18-13(16)21-15(19-11)22-5-7-25-8-6-22/h3-4,10H,5-9H2,1-2H3,(H,17,20,24)(H2,16,18,19,21). The quantitative estimate of drug-likeness (QED) is 0.797. The fourth-order valence-corrected chi connectivity index (χ4v) is 2.52. The van der Waals surface area contributed by atoms with Gasteiger partial charge in [0.2, 0.25) is 23.7 Å². The molecular weight excluding hydrogens is 324 g/mol. The summed E-state index contributed by atoms with van der Waals surface area (Å²) in [6, 6.07) is 0. The molecule has 1 aliphatic heterocycles. The molecule has 1 saturated heterocycles. The average Bonchev–Trinajstić information content (AvgIpc) is 3.01. The van der Waals surface area contributed by atoms with Gasteiger partial charge in [-0.1, -0.05) is 13.8 Å². The Kier molecular flexibility index (Phi) is 5.08. The van der Waals surface area contributed by atoms with Crippen LogP contribution in [-0.2, 0) is 11.3 Å². The zero-order valence-corrected chi connectivity index (χ0v) is 14.3. The Morgan fingerprint density at radius 1 is 1.32 bits per heavy atom. The number of nitrogen functional groups attached to an aromatic ring is 1. The van der Waals surface area contributed by atoms with Crippen LogP contribution in [-0.4, -0.2) is 56.7 Å². The molecule has 3 rings (SSSR count). The van der Waals surface area contributed by atoms with Crippen LogP contribution in [0, 0.1) is 5.92 Å². The lowest BCUT2D eigenvalue weighted by Crippen LogP contribution is -2.38. The maximum absolute atomic E-state index is 12.5. The normalized spacial score (nSPS) is 14.8. The van der Waals surface area contributed by atoms with Crippen LogP contribution in [0.3, 0.4) is 0 Å². The monoisotopic (exact) mass is 346 g/mol. The molecule has 10 heteroatoms. The predicted molar refractivity (Wildman–Crippen MR) is 92.3 cm³/mol. The van der Waals surface area contributed by atoms with E-state index in [9.17, 15) is 4.79 Å². The molecule has 0 unspecified atom stereocenters. The predicted octanol–water partition coefficient (Wildman–Crippen LogP) is 0.395. The zero-order chi connectivity index (χ0) is 17.8. The molecule has 1 aliphatic rings. The highest BCUT2D eigenvalue weighted by molar-refractivity contribution is 6.00. The Morgan fingerprint density at radius 2 is 2.08 bits per heavy atom. The van der Waals surface area contributed by atoms with Crippen molar-refractivity contribution < 1.29 is 9.53 Å². The van der Waals surface area contributed by atoms with Crippen molar-refractivity contribution in [2.75, 3.05) is 42.3 Å². The van der Waals surface area contributed by atoms with E-state index < -0.39 is 5.91 Å². The van der Waals surface area contributed by atoms with Crippen molar-refractivity contribution in [3.63, 3.8) is 0 Å². The second-order valence-corrected chi connectivity index (χ2v) is 6.17. The van der Waals surface area contributed by atoms with E-state index in [1.807, 2.05) is 15.7 Å². The lowest BCUT2D eigenvalue weighted by molar-refractivity contribution is 0.101. The summed E-state index contributed by atoms with van der Waals surface area (Å²) in [6.45, 7) is 7.37. The number of ether oxygens (including phenoxy) is 1. The first-order chi connectivity index (χ1) is 12.0. The van der Waals surface area contributed by atoms with E-state index in [4.69, 9.17) is 10.5 Å². The summed E-state index contributed by atoms with van der Waals surface area (Å²) < 4.78 is 7.18. The van der Waals surface area contributed by atoms with Gasteiger partial charge in [0.1, 0.15) is 0 Å². The summed E-state index contributed by atoms with van der Waals surface area (Å²) in [5.41, 5.74) is 5.75. The number of nitrogens with two attached hydrogens (primary N) is 1. The van der Waals surface area contributed by atoms with Gasteiger partial charge in [-0.3, -0.25) is 10.1 Å². The molecule has 2 aromatic rings. The summed E-state index contributed by atoms with van der Waals surface area (Å²) in [5, 5.41) is 2.73. The molecule has 25 heavy (non-hydrogen) atoms. The number of carbonyl (C=O) groups is 1. The van der Waals surface area contributed by atoms with Gasteiger partial charge < -0.3 is 19.9 Å². The van der Waals surface area contributed by atoms with Crippen molar-refractivity contribution in [1.29, 1.82) is 0 Å². The van der Waals surface area contributed by atoms with Crippen molar-refractivity contribution in [1.82, 2.24) is 24.5 Å². The molecular formula is C15H22N8O2. The molecule has 1 amide bonds. The van der Waals surface area contributed by atoms with Crippen LogP contribution in [0.5, 0.6) is 0 Å². The van der Waals surface area contributed by atoms with Crippen LogP contribution in [0.15, 0.2) is 12.4 Å². The molecule has 0 atom stereocenters. The Hall–Kier alpha value is -2.75. The molecule has 3 N–H and O–H groups in total. The van der Waals surface area contributed by atoms with Crippen LogP contribution in [0.25, 0.3) is 0 Å². The van der Waals surface area contributed by atoms with Crippen molar-refractivity contribution in [2.45, 2.75) is 20.4 Å².